The molecule has 4 rings (SSSR count). The van der Waals surface area contributed by atoms with Gasteiger partial charge in [-0.3, -0.25) is 14.5 Å². The van der Waals surface area contributed by atoms with Crippen molar-refractivity contribution in [2.24, 2.45) is 5.73 Å². The Morgan fingerprint density at radius 2 is 1.86 bits per heavy atom. The molecule has 0 spiro atoms. The van der Waals surface area contributed by atoms with Gasteiger partial charge in [-0.2, -0.15) is 0 Å². The summed E-state index contributed by atoms with van der Waals surface area (Å²) in [6.45, 7) is 1.37. The number of halogens is 2. The van der Waals surface area contributed by atoms with Crippen LogP contribution in [0.2, 0.25) is 0 Å². The maximum absolute atomic E-state index is 13.3. The van der Waals surface area contributed by atoms with Crippen molar-refractivity contribution in [2.75, 3.05) is 13.1 Å². The van der Waals surface area contributed by atoms with E-state index < -0.39 is 17.4 Å². The molecule has 1 amide bonds. The molecule has 0 atom stereocenters. The number of fused-ring (bicyclic) bond motifs is 1. The molecule has 3 aromatic rings. The summed E-state index contributed by atoms with van der Waals surface area (Å²) in [4.78, 5) is 31.1. The van der Waals surface area contributed by atoms with Crippen molar-refractivity contribution in [1.82, 2.24) is 14.9 Å². The van der Waals surface area contributed by atoms with Gasteiger partial charge < -0.3 is 15.7 Å². The Hall–Kier alpha value is -3.00. The normalized spacial score (nSPS) is 17.1. The molecule has 1 aromatic carbocycles. The van der Waals surface area contributed by atoms with Gasteiger partial charge in [0.25, 0.3) is 17.4 Å². The summed E-state index contributed by atoms with van der Waals surface area (Å²) in [5, 5.41) is 0.924. The largest absolute Gasteiger partial charge is 0.364 e. The maximum atomic E-state index is 13.3. The molecule has 2 aromatic heterocycles. The SMILES string of the molecule is NC(=O)c1ccc(-c2cc3cc(CN4CCC(F)(F)CC4)ccc3[nH]2)c(=O)[nH]1. The van der Waals surface area contributed by atoms with Crippen LogP contribution in [-0.4, -0.2) is 39.8 Å². The van der Waals surface area contributed by atoms with Crippen LogP contribution in [0.4, 0.5) is 8.78 Å². The van der Waals surface area contributed by atoms with Crippen LogP contribution >= 0.6 is 0 Å². The molecule has 8 heteroatoms. The maximum Gasteiger partial charge on any atom is 0.265 e. The molecule has 1 aliphatic rings. The van der Waals surface area contributed by atoms with Crippen molar-refractivity contribution in [3.63, 3.8) is 0 Å². The van der Waals surface area contributed by atoms with E-state index in [2.05, 4.69) is 9.97 Å². The third kappa shape index (κ3) is 3.68. The van der Waals surface area contributed by atoms with Gasteiger partial charge >= 0.3 is 0 Å². The van der Waals surface area contributed by atoms with Crippen LogP contribution in [0.1, 0.15) is 28.9 Å². The number of H-pyrrole nitrogens is 2. The number of benzene rings is 1. The zero-order valence-electron chi connectivity index (χ0n) is 15.1. The van der Waals surface area contributed by atoms with Gasteiger partial charge in [0.15, 0.2) is 0 Å². The average molecular weight is 386 g/mol. The highest BCUT2D eigenvalue weighted by molar-refractivity contribution is 5.91. The van der Waals surface area contributed by atoms with Gasteiger partial charge in [0, 0.05) is 43.4 Å². The van der Waals surface area contributed by atoms with Crippen molar-refractivity contribution in [3.05, 3.63) is 58.0 Å². The van der Waals surface area contributed by atoms with E-state index >= 15 is 0 Å². The van der Waals surface area contributed by atoms with Crippen LogP contribution in [0, 0.1) is 0 Å². The first-order valence-corrected chi connectivity index (χ1v) is 9.06. The van der Waals surface area contributed by atoms with E-state index in [9.17, 15) is 18.4 Å². The second kappa shape index (κ2) is 6.87. The number of amides is 1. The lowest BCUT2D eigenvalue weighted by Crippen LogP contribution is -2.38. The number of aromatic amines is 2. The molecule has 3 heterocycles. The first-order valence-electron chi connectivity index (χ1n) is 9.06. The van der Waals surface area contributed by atoms with Gasteiger partial charge in [0.05, 0.1) is 11.3 Å². The molecule has 0 unspecified atom stereocenters. The molecule has 4 N–H and O–H groups in total. The summed E-state index contributed by atoms with van der Waals surface area (Å²) in [7, 11) is 0. The molecular formula is C20H20F2N4O2. The number of rotatable bonds is 4. The van der Waals surface area contributed by atoms with E-state index in [1.807, 2.05) is 29.2 Å². The topological polar surface area (TPSA) is 95.0 Å². The van der Waals surface area contributed by atoms with Crippen molar-refractivity contribution in [3.8, 4) is 11.3 Å². The summed E-state index contributed by atoms with van der Waals surface area (Å²) in [5.41, 5.74) is 7.75. The Morgan fingerprint density at radius 3 is 2.54 bits per heavy atom. The number of hydrogen-bond acceptors (Lipinski definition) is 3. The second-order valence-electron chi connectivity index (χ2n) is 7.22. The van der Waals surface area contributed by atoms with Crippen molar-refractivity contribution < 1.29 is 13.6 Å². The first-order chi connectivity index (χ1) is 13.3. The fourth-order valence-corrected chi connectivity index (χ4v) is 3.55. The summed E-state index contributed by atoms with van der Waals surface area (Å²) >= 11 is 0. The highest BCUT2D eigenvalue weighted by Gasteiger charge is 2.33. The average Bonchev–Trinajstić information content (AvgIpc) is 3.06. The predicted molar refractivity (Wildman–Crippen MR) is 102 cm³/mol. The zero-order chi connectivity index (χ0) is 19.9. The van der Waals surface area contributed by atoms with E-state index in [-0.39, 0.29) is 18.5 Å². The minimum Gasteiger partial charge on any atom is -0.364 e. The second-order valence-corrected chi connectivity index (χ2v) is 7.22. The standard InChI is InChI=1S/C20H20F2N4O2/c21-20(22)5-7-26(8-6-20)11-12-1-3-15-13(9-12)10-17(24-15)14-2-4-16(18(23)27)25-19(14)28/h1-4,9-10,24H,5-8,11H2,(H2,23,27)(H,25,28). The van der Waals surface area contributed by atoms with Gasteiger partial charge in [0.1, 0.15) is 5.69 Å². The summed E-state index contributed by atoms with van der Waals surface area (Å²) in [6.07, 6.45) is -0.207. The van der Waals surface area contributed by atoms with Crippen LogP contribution < -0.4 is 11.3 Å². The molecule has 28 heavy (non-hydrogen) atoms. The van der Waals surface area contributed by atoms with E-state index in [1.165, 1.54) is 6.07 Å². The van der Waals surface area contributed by atoms with Crippen LogP contribution in [0.25, 0.3) is 22.2 Å². The highest BCUT2D eigenvalue weighted by Crippen LogP contribution is 2.29. The van der Waals surface area contributed by atoms with E-state index in [1.54, 1.807) is 6.07 Å². The Balaban J connectivity index is 1.57. The number of primary amides is 1. The quantitative estimate of drug-likeness (QED) is 0.643. The van der Waals surface area contributed by atoms with Gasteiger partial charge in [-0.1, -0.05) is 6.07 Å². The minimum absolute atomic E-state index is 0.0549. The molecule has 1 fully saturated rings. The number of piperidine rings is 1. The third-order valence-electron chi connectivity index (χ3n) is 5.14. The minimum atomic E-state index is -2.55. The molecule has 0 aliphatic carbocycles. The summed E-state index contributed by atoms with van der Waals surface area (Å²) in [5.74, 6) is -3.24. The Kier molecular flexibility index (Phi) is 4.50. The number of pyridine rings is 1. The van der Waals surface area contributed by atoms with Crippen molar-refractivity contribution >= 4 is 16.8 Å². The van der Waals surface area contributed by atoms with E-state index in [4.69, 9.17) is 5.73 Å². The van der Waals surface area contributed by atoms with Gasteiger partial charge in [-0.05, 0) is 35.9 Å². The molecular weight excluding hydrogens is 366 g/mol. The van der Waals surface area contributed by atoms with Crippen LogP contribution in [-0.2, 0) is 6.54 Å². The molecule has 146 valence electrons. The van der Waals surface area contributed by atoms with E-state index in [0.717, 1.165) is 16.5 Å². The van der Waals surface area contributed by atoms with Gasteiger partial charge in [0.2, 0.25) is 0 Å². The molecule has 0 radical (unpaired) electrons. The lowest BCUT2D eigenvalue weighted by atomic mass is 10.1. The highest BCUT2D eigenvalue weighted by atomic mass is 19.3. The number of nitrogens with two attached hydrogens (primary N) is 1. The summed E-state index contributed by atoms with van der Waals surface area (Å²) < 4.78 is 26.6. The number of carbonyl (C=O) groups is 1. The number of carbonyl (C=O) groups excluding carboxylic acids is 1. The molecule has 1 saturated heterocycles. The smallest absolute Gasteiger partial charge is 0.265 e. The van der Waals surface area contributed by atoms with Crippen LogP contribution in [0.15, 0.2) is 41.2 Å². The number of nitrogens with one attached hydrogen (secondary N) is 2. The van der Waals surface area contributed by atoms with Crippen LogP contribution in [0.3, 0.4) is 0 Å². The first kappa shape index (κ1) is 18.4. The molecule has 0 saturated carbocycles. The number of likely N-dealkylation sites (tertiary alicyclic amines) is 1. The van der Waals surface area contributed by atoms with Gasteiger partial charge in [-0.25, -0.2) is 8.78 Å². The number of alkyl halides is 2. The van der Waals surface area contributed by atoms with Crippen molar-refractivity contribution in [2.45, 2.75) is 25.3 Å². The lowest BCUT2D eigenvalue weighted by Gasteiger charge is -2.31. The Bertz CT molecular complexity index is 1090. The Morgan fingerprint density at radius 1 is 1.11 bits per heavy atom. The monoisotopic (exact) mass is 386 g/mol. The fourth-order valence-electron chi connectivity index (χ4n) is 3.55. The zero-order valence-corrected chi connectivity index (χ0v) is 15.1. The molecule has 0 bridgehead atoms. The molecule has 1 aliphatic heterocycles. The lowest BCUT2D eigenvalue weighted by molar-refractivity contribution is -0.0566. The summed E-state index contributed by atoms with van der Waals surface area (Å²) in [6, 6.07) is 10.8. The Labute approximate surface area is 159 Å². The van der Waals surface area contributed by atoms with Crippen LogP contribution in [0.5, 0.6) is 0 Å². The fraction of sp³-hybridized carbons (Fsp3) is 0.300. The molecule has 6 nitrogen and oxygen atoms in total. The third-order valence-corrected chi connectivity index (χ3v) is 5.14. The van der Waals surface area contributed by atoms with Crippen molar-refractivity contribution in [1.29, 1.82) is 0 Å². The number of aromatic nitrogens is 2. The van der Waals surface area contributed by atoms with E-state index in [0.29, 0.717) is 30.9 Å². The predicted octanol–water partition coefficient (Wildman–Crippen LogP) is 2.85. The number of nitrogens with zero attached hydrogens (tertiary/aromatic N) is 1. The van der Waals surface area contributed by atoms with Gasteiger partial charge in [-0.15, -0.1) is 0 Å². The number of hydrogen-bond donors (Lipinski definition) is 3.